The molecule has 0 N–H and O–H groups in total. The zero-order valence-electron chi connectivity index (χ0n) is 22.0. The van der Waals surface area contributed by atoms with Gasteiger partial charge in [0.05, 0.1) is 17.7 Å². The zero-order chi connectivity index (χ0) is 25.6. The lowest BCUT2D eigenvalue weighted by Gasteiger charge is -2.06. The molecule has 0 atom stereocenters. The second-order valence-electron chi connectivity index (χ2n) is 9.16. The minimum atomic E-state index is -0.686. The van der Waals surface area contributed by atoms with Crippen molar-refractivity contribution < 1.29 is 23.9 Å². The maximum absolute atomic E-state index is 12.1. The summed E-state index contributed by atoms with van der Waals surface area (Å²) in [4.78, 5) is 36.0. The molecule has 0 aromatic heterocycles. The third-order valence-corrected chi connectivity index (χ3v) is 5.94. The van der Waals surface area contributed by atoms with Crippen LogP contribution >= 0.6 is 0 Å². The highest BCUT2D eigenvalue weighted by Gasteiger charge is 2.14. The lowest BCUT2D eigenvalue weighted by atomic mass is 10.1. The Morgan fingerprint density at radius 1 is 0.629 bits per heavy atom. The van der Waals surface area contributed by atoms with Crippen molar-refractivity contribution in [3.8, 4) is 0 Å². The van der Waals surface area contributed by atoms with Crippen LogP contribution in [0.3, 0.4) is 0 Å². The summed E-state index contributed by atoms with van der Waals surface area (Å²) in [5, 5.41) is 0. The van der Waals surface area contributed by atoms with Gasteiger partial charge in [-0.1, -0.05) is 83.8 Å². The van der Waals surface area contributed by atoms with E-state index in [4.69, 9.17) is 9.47 Å². The molecule has 0 amide bonds. The maximum atomic E-state index is 12.1. The molecule has 0 fully saturated rings. The summed E-state index contributed by atoms with van der Waals surface area (Å²) in [6.07, 6.45) is 22.1. The molecule has 0 saturated heterocycles. The van der Waals surface area contributed by atoms with Crippen LogP contribution < -0.4 is 0 Å². The Bertz CT molecular complexity index is 736. The SMILES string of the molecule is CCCCCCCCC=CCCCCCCCC(=O)OC(=O)c1ccc(C(=O)OCCCC)cc1. The highest BCUT2D eigenvalue weighted by molar-refractivity contribution is 5.98. The fourth-order valence-corrected chi connectivity index (χ4v) is 3.69. The van der Waals surface area contributed by atoms with Crippen LogP contribution in [0.4, 0.5) is 0 Å². The molecular formula is C30H46O5. The molecule has 0 spiro atoms. The number of ether oxygens (including phenoxy) is 2. The van der Waals surface area contributed by atoms with E-state index in [0.717, 1.165) is 44.9 Å². The van der Waals surface area contributed by atoms with Crippen molar-refractivity contribution in [1.82, 2.24) is 0 Å². The van der Waals surface area contributed by atoms with Gasteiger partial charge < -0.3 is 9.47 Å². The summed E-state index contributed by atoms with van der Waals surface area (Å²) in [6, 6.07) is 5.99. The van der Waals surface area contributed by atoms with E-state index in [2.05, 4.69) is 19.1 Å². The van der Waals surface area contributed by atoms with Crippen LogP contribution in [0, 0.1) is 0 Å². The molecule has 1 rings (SSSR count). The monoisotopic (exact) mass is 486 g/mol. The minimum Gasteiger partial charge on any atom is -0.462 e. The van der Waals surface area contributed by atoms with Crippen molar-refractivity contribution in [3.63, 3.8) is 0 Å². The normalized spacial score (nSPS) is 11.0. The van der Waals surface area contributed by atoms with Crippen LogP contribution in [-0.2, 0) is 14.3 Å². The summed E-state index contributed by atoms with van der Waals surface area (Å²) in [6.45, 7) is 4.65. The standard InChI is InChI=1S/C30H46O5/c1-3-5-7-8-9-10-11-12-13-14-15-16-17-18-19-20-28(31)35-30(33)27-23-21-26(22-24-27)29(32)34-25-6-4-2/h12-13,21-24H,3-11,14-20,25H2,1-2H3. The van der Waals surface area contributed by atoms with Crippen molar-refractivity contribution in [2.45, 2.75) is 117 Å². The van der Waals surface area contributed by atoms with Crippen LogP contribution in [0.1, 0.15) is 137 Å². The van der Waals surface area contributed by atoms with Crippen molar-refractivity contribution >= 4 is 17.9 Å². The van der Waals surface area contributed by atoms with E-state index in [0.29, 0.717) is 12.2 Å². The number of carbonyl (C=O) groups excluding carboxylic acids is 3. The van der Waals surface area contributed by atoms with Gasteiger partial charge in [0.2, 0.25) is 0 Å². The van der Waals surface area contributed by atoms with E-state index in [1.807, 2.05) is 6.92 Å². The van der Waals surface area contributed by atoms with Crippen LogP contribution in [0.2, 0.25) is 0 Å². The Morgan fingerprint density at radius 2 is 1.11 bits per heavy atom. The molecule has 0 aliphatic carbocycles. The maximum Gasteiger partial charge on any atom is 0.345 e. The largest absolute Gasteiger partial charge is 0.462 e. The van der Waals surface area contributed by atoms with Crippen LogP contribution in [0.15, 0.2) is 36.4 Å². The van der Waals surface area contributed by atoms with Gasteiger partial charge in [0.15, 0.2) is 0 Å². The molecule has 0 radical (unpaired) electrons. The van der Waals surface area contributed by atoms with Gasteiger partial charge in [-0.25, -0.2) is 9.59 Å². The van der Waals surface area contributed by atoms with Crippen molar-refractivity contribution in [2.24, 2.45) is 0 Å². The summed E-state index contributed by atoms with van der Waals surface area (Å²) in [7, 11) is 0. The fourth-order valence-electron chi connectivity index (χ4n) is 3.69. The number of carbonyl (C=O) groups is 3. The number of esters is 3. The van der Waals surface area contributed by atoms with E-state index in [-0.39, 0.29) is 12.0 Å². The molecular weight excluding hydrogens is 440 g/mol. The summed E-state index contributed by atoms with van der Waals surface area (Å²) in [5.41, 5.74) is 0.616. The second kappa shape index (κ2) is 20.9. The Kier molecular flexibility index (Phi) is 18.3. The van der Waals surface area contributed by atoms with Crippen molar-refractivity contribution in [3.05, 3.63) is 47.5 Å². The van der Waals surface area contributed by atoms with E-state index in [1.165, 1.54) is 75.6 Å². The Morgan fingerprint density at radius 3 is 1.69 bits per heavy atom. The number of rotatable bonds is 20. The van der Waals surface area contributed by atoms with E-state index >= 15 is 0 Å². The molecule has 0 aliphatic rings. The predicted molar refractivity (Wildman–Crippen MR) is 142 cm³/mol. The van der Waals surface area contributed by atoms with Gasteiger partial charge in [-0.05, 0) is 62.8 Å². The third-order valence-electron chi connectivity index (χ3n) is 5.94. The summed E-state index contributed by atoms with van der Waals surface area (Å²) < 4.78 is 10.1. The molecule has 0 bridgehead atoms. The first kappa shape index (κ1) is 30.6. The molecule has 35 heavy (non-hydrogen) atoms. The molecule has 196 valence electrons. The van der Waals surface area contributed by atoms with E-state index in [1.54, 1.807) is 0 Å². The average Bonchev–Trinajstić information content (AvgIpc) is 2.86. The zero-order valence-corrected chi connectivity index (χ0v) is 22.0. The van der Waals surface area contributed by atoms with Gasteiger partial charge in [0.25, 0.3) is 0 Å². The average molecular weight is 487 g/mol. The molecule has 0 heterocycles. The number of hydrogen-bond donors (Lipinski definition) is 0. The van der Waals surface area contributed by atoms with E-state index < -0.39 is 17.9 Å². The van der Waals surface area contributed by atoms with Crippen LogP contribution in [-0.4, -0.2) is 24.5 Å². The van der Waals surface area contributed by atoms with Gasteiger partial charge in [0.1, 0.15) is 0 Å². The van der Waals surface area contributed by atoms with Crippen molar-refractivity contribution in [2.75, 3.05) is 6.61 Å². The molecule has 0 aliphatic heterocycles. The Balaban J connectivity index is 2.06. The summed E-state index contributed by atoms with van der Waals surface area (Å²) >= 11 is 0. The highest BCUT2D eigenvalue weighted by atomic mass is 16.6. The van der Waals surface area contributed by atoms with Gasteiger partial charge >= 0.3 is 17.9 Å². The number of hydrogen-bond acceptors (Lipinski definition) is 5. The quantitative estimate of drug-likeness (QED) is 0.0801. The first-order chi connectivity index (χ1) is 17.1. The topological polar surface area (TPSA) is 69.7 Å². The first-order valence-electron chi connectivity index (χ1n) is 13.8. The molecule has 1 aromatic carbocycles. The highest BCUT2D eigenvalue weighted by Crippen LogP contribution is 2.12. The third kappa shape index (κ3) is 16.0. The van der Waals surface area contributed by atoms with Crippen molar-refractivity contribution in [1.29, 1.82) is 0 Å². The lowest BCUT2D eigenvalue weighted by molar-refractivity contribution is -0.138. The van der Waals surface area contributed by atoms with Gasteiger partial charge in [-0.15, -0.1) is 0 Å². The van der Waals surface area contributed by atoms with Crippen LogP contribution in [0.5, 0.6) is 0 Å². The number of unbranched alkanes of at least 4 members (excludes halogenated alkanes) is 12. The number of benzene rings is 1. The van der Waals surface area contributed by atoms with Gasteiger partial charge in [-0.3, -0.25) is 4.79 Å². The molecule has 0 saturated carbocycles. The lowest BCUT2D eigenvalue weighted by Crippen LogP contribution is -2.13. The van der Waals surface area contributed by atoms with Gasteiger partial charge in [-0.2, -0.15) is 0 Å². The van der Waals surface area contributed by atoms with E-state index in [9.17, 15) is 14.4 Å². The summed E-state index contributed by atoms with van der Waals surface area (Å²) in [5.74, 6) is -1.61. The molecule has 0 unspecified atom stereocenters. The fraction of sp³-hybridized carbons (Fsp3) is 0.633. The second-order valence-corrected chi connectivity index (χ2v) is 9.16. The predicted octanol–water partition coefficient (Wildman–Crippen LogP) is 8.36. The Hall–Kier alpha value is -2.43. The number of allylic oxidation sites excluding steroid dienone is 2. The smallest absolute Gasteiger partial charge is 0.345 e. The Labute approximate surface area is 212 Å². The first-order valence-corrected chi connectivity index (χ1v) is 13.8. The minimum absolute atomic E-state index is 0.242. The van der Waals surface area contributed by atoms with Crippen LogP contribution in [0.25, 0.3) is 0 Å². The molecule has 5 heteroatoms. The molecule has 5 nitrogen and oxygen atoms in total. The van der Waals surface area contributed by atoms with Gasteiger partial charge in [0, 0.05) is 6.42 Å². The molecule has 1 aromatic rings.